The summed E-state index contributed by atoms with van der Waals surface area (Å²) in [6, 6.07) is 34.8. The average Bonchev–Trinajstić information content (AvgIpc) is 2.86. The monoisotopic (exact) mass is 449 g/mol. The highest BCUT2D eigenvalue weighted by molar-refractivity contribution is 7.99. The van der Waals surface area contributed by atoms with E-state index < -0.39 is 0 Å². The maximum atomic E-state index is 3.88. The Bertz CT molecular complexity index is 1150. The van der Waals surface area contributed by atoms with Crippen LogP contribution in [-0.2, 0) is 10.9 Å². The van der Waals surface area contributed by atoms with E-state index >= 15 is 0 Å². The summed E-state index contributed by atoms with van der Waals surface area (Å²) in [5, 5.41) is 0. The lowest BCUT2D eigenvalue weighted by Crippen LogP contribution is -2.04. The molecule has 0 amide bonds. The molecule has 4 rings (SSSR count). The molecule has 0 heterocycles. The molecule has 0 nitrogen and oxygen atoms in total. The summed E-state index contributed by atoms with van der Waals surface area (Å²) in [6.45, 7) is 11.6. The molecule has 32 heavy (non-hydrogen) atoms. The van der Waals surface area contributed by atoms with Crippen molar-refractivity contribution in [3.63, 3.8) is 0 Å². The van der Waals surface area contributed by atoms with E-state index in [9.17, 15) is 0 Å². The molecule has 0 fully saturated rings. The highest BCUT2D eigenvalue weighted by Gasteiger charge is 2.28. The van der Waals surface area contributed by atoms with Crippen molar-refractivity contribution in [1.82, 2.24) is 0 Å². The predicted molar refractivity (Wildman–Crippen MR) is 142 cm³/mol. The van der Waals surface area contributed by atoms with E-state index in [-0.39, 0.29) is 10.9 Å². The molecule has 2 heteroatoms. The maximum Gasteiger partial charge on any atom is 0.166 e. The van der Waals surface area contributed by atoms with Gasteiger partial charge in [-0.25, -0.2) is 0 Å². The van der Waals surface area contributed by atoms with Crippen LogP contribution in [0.15, 0.2) is 141 Å². The highest BCUT2D eigenvalue weighted by atomic mass is 32.2. The fraction of sp³-hybridized carbons (Fsp3) is 0. The smallest absolute Gasteiger partial charge is 0.0985 e. The van der Waals surface area contributed by atoms with Crippen molar-refractivity contribution in [2.24, 2.45) is 0 Å². The Morgan fingerprint density at radius 1 is 0.438 bits per heavy atom. The van der Waals surface area contributed by atoms with E-state index in [1.54, 1.807) is 11.8 Å². The lowest BCUT2D eigenvalue weighted by molar-refractivity contribution is 1.28. The van der Waals surface area contributed by atoms with E-state index in [1.807, 2.05) is 18.2 Å². The molecule has 0 bridgehead atoms. The van der Waals surface area contributed by atoms with Crippen LogP contribution in [0.3, 0.4) is 0 Å². The molecule has 0 aliphatic carbocycles. The third-order valence-electron chi connectivity index (χ3n) is 5.11. The van der Waals surface area contributed by atoms with Gasteiger partial charge in [0.25, 0.3) is 0 Å². The Morgan fingerprint density at radius 3 is 1.06 bits per heavy atom. The minimum absolute atomic E-state index is 0.183. The Hall–Kier alpha value is -3.20. The summed E-state index contributed by atoms with van der Waals surface area (Å²) in [4.78, 5) is 6.34. The van der Waals surface area contributed by atoms with Gasteiger partial charge in [0.1, 0.15) is 0 Å². The molecule has 156 valence electrons. The van der Waals surface area contributed by atoms with Crippen molar-refractivity contribution in [1.29, 1.82) is 0 Å². The van der Waals surface area contributed by atoms with Crippen LogP contribution < -0.4 is 0 Å². The van der Waals surface area contributed by atoms with Gasteiger partial charge in [-0.15, -0.1) is 0 Å². The first kappa shape index (κ1) is 22.0. The number of rotatable bonds is 8. The van der Waals surface area contributed by atoms with Gasteiger partial charge in [-0.05, 0) is 102 Å². The second-order valence-corrected chi connectivity index (χ2v) is 10.4. The molecule has 0 atom stereocenters. The fourth-order valence-corrected chi connectivity index (χ4v) is 6.20. The Balaban J connectivity index is 1.65. The molecular weight excluding hydrogens is 424 g/mol. The second kappa shape index (κ2) is 10.4. The fourth-order valence-electron chi connectivity index (χ4n) is 3.34. The van der Waals surface area contributed by atoms with Crippen LogP contribution in [0.25, 0.3) is 18.2 Å². The molecule has 0 aliphatic heterocycles. The number of hydrogen-bond acceptors (Lipinski definition) is 1. The molecule has 0 spiro atoms. The lowest BCUT2D eigenvalue weighted by Gasteiger charge is -2.10. The molecule has 0 unspecified atom stereocenters. The SMILES string of the molecule is C=Cc1ccc(Sc2ccc([S+](c3ccc(C=C)cc3)c3ccc(C=C)cc3)cc2)cc1. The first-order valence-electron chi connectivity index (χ1n) is 10.4. The molecule has 0 N–H and O–H groups in total. The minimum atomic E-state index is -0.183. The van der Waals surface area contributed by atoms with Crippen molar-refractivity contribution in [2.45, 2.75) is 24.5 Å². The molecule has 4 aromatic rings. The number of benzene rings is 4. The van der Waals surface area contributed by atoms with Crippen LogP contribution in [0.4, 0.5) is 0 Å². The first-order chi connectivity index (χ1) is 15.7. The summed E-state index contributed by atoms with van der Waals surface area (Å²) >= 11 is 1.78. The summed E-state index contributed by atoms with van der Waals surface area (Å²) in [6.07, 6.45) is 5.64. The van der Waals surface area contributed by atoms with Crippen molar-refractivity contribution < 1.29 is 0 Å². The average molecular weight is 450 g/mol. The van der Waals surface area contributed by atoms with Gasteiger partial charge in [-0.3, -0.25) is 0 Å². The van der Waals surface area contributed by atoms with Crippen LogP contribution >= 0.6 is 11.8 Å². The van der Waals surface area contributed by atoms with Gasteiger partial charge in [0.05, 0.1) is 10.9 Å². The van der Waals surface area contributed by atoms with Crippen LogP contribution in [0.1, 0.15) is 16.7 Å². The van der Waals surface area contributed by atoms with Gasteiger partial charge in [0.15, 0.2) is 14.7 Å². The molecule has 0 aliphatic rings. The maximum absolute atomic E-state index is 3.88. The summed E-state index contributed by atoms with van der Waals surface area (Å²) in [7, 11) is -0.183. The molecule has 0 aromatic heterocycles. The van der Waals surface area contributed by atoms with Gasteiger partial charge in [0.2, 0.25) is 0 Å². The third-order valence-corrected chi connectivity index (χ3v) is 8.36. The van der Waals surface area contributed by atoms with Gasteiger partial charge in [0, 0.05) is 9.79 Å². The zero-order chi connectivity index (χ0) is 22.3. The summed E-state index contributed by atoms with van der Waals surface area (Å²) in [5.74, 6) is 0. The van der Waals surface area contributed by atoms with E-state index in [2.05, 4.69) is 117 Å². The normalized spacial score (nSPS) is 10.7. The van der Waals surface area contributed by atoms with E-state index in [0.717, 1.165) is 16.7 Å². The Kier molecular flexibility index (Phi) is 7.16. The second-order valence-electron chi connectivity index (χ2n) is 7.20. The Labute approximate surface area is 198 Å². The van der Waals surface area contributed by atoms with Gasteiger partial charge in [-0.1, -0.05) is 61.9 Å². The third kappa shape index (κ3) is 5.16. The molecule has 4 aromatic carbocycles. The van der Waals surface area contributed by atoms with E-state index in [0.29, 0.717) is 0 Å². The van der Waals surface area contributed by atoms with Crippen molar-refractivity contribution >= 4 is 40.9 Å². The summed E-state index contributed by atoms with van der Waals surface area (Å²) in [5.41, 5.74) is 3.40. The van der Waals surface area contributed by atoms with Crippen molar-refractivity contribution in [3.8, 4) is 0 Å². The predicted octanol–water partition coefficient (Wildman–Crippen LogP) is 8.86. The first-order valence-corrected chi connectivity index (χ1v) is 12.4. The van der Waals surface area contributed by atoms with Crippen LogP contribution in [-0.4, -0.2) is 0 Å². The highest BCUT2D eigenvalue weighted by Crippen LogP contribution is 2.34. The molecule has 0 saturated carbocycles. The van der Waals surface area contributed by atoms with Crippen LogP contribution in [0.2, 0.25) is 0 Å². The molecular formula is C30H25S2+. The minimum Gasteiger partial charge on any atom is -0.0985 e. The Morgan fingerprint density at radius 2 is 0.719 bits per heavy atom. The lowest BCUT2D eigenvalue weighted by atomic mass is 10.2. The van der Waals surface area contributed by atoms with Crippen molar-refractivity contribution in [3.05, 3.63) is 133 Å². The quantitative estimate of drug-likeness (QED) is 0.242. The van der Waals surface area contributed by atoms with Crippen LogP contribution in [0.5, 0.6) is 0 Å². The van der Waals surface area contributed by atoms with Gasteiger partial charge in [-0.2, -0.15) is 0 Å². The zero-order valence-electron chi connectivity index (χ0n) is 17.9. The number of hydrogen-bond donors (Lipinski definition) is 0. The molecule has 0 saturated heterocycles. The standard InChI is InChI=1S/C30H25S2/c1-4-23-7-13-26(14-8-23)31-27-15-21-30(22-16-27)32(28-17-9-24(5-2)10-18-28)29-19-11-25(6-3)12-20-29/h4-22H,1-3H2/q+1. The van der Waals surface area contributed by atoms with Gasteiger partial charge >= 0.3 is 0 Å². The largest absolute Gasteiger partial charge is 0.166 e. The van der Waals surface area contributed by atoms with E-state index in [4.69, 9.17) is 0 Å². The summed E-state index contributed by atoms with van der Waals surface area (Å²) < 4.78 is 0. The van der Waals surface area contributed by atoms with Crippen molar-refractivity contribution in [2.75, 3.05) is 0 Å². The topological polar surface area (TPSA) is 0 Å². The molecule has 0 radical (unpaired) electrons. The zero-order valence-corrected chi connectivity index (χ0v) is 19.5. The van der Waals surface area contributed by atoms with Gasteiger partial charge < -0.3 is 0 Å². The van der Waals surface area contributed by atoms with Crippen LogP contribution in [0, 0.1) is 0 Å². The van der Waals surface area contributed by atoms with E-state index in [1.165, 1.54) is 24.5 Å².